The number of benzene rings is 1. The molecule has 0 fully saturated rings. The fourth-order valence-electron chi connectivity index (χ4n) is 2.00. The maximum absolute atomic E-state index is 2.34. The highest BCUT2D eigenvalue weighted by atomic mass is 32.2. The molecule has 2 rings (SSSR count). The monoisotopic (exact) mass is 231 g/mol. The van der Waals surface area contributed by atoms with Gasteiger partial charge in [-0.15, -0.1) is 11.8 Å². The lowest BCUT2D eigenvalue weighted by Crippen LogP contribution is -1.98. The Labute approximate surface area is 101 Å². The molecule has 2 heteroatoms. The van der Waals surface area contributed by atoms with E-state index in [4.69, 9.17) is 0 Å². The summed E-state index contributed by atoms with van der Waals surface area (Å²) in [7, 11) is 0. The molecule has 0 aliphatic carbocycles. The molecule has 0 aliphatic heterocycles. The second-order valence-electron chi connectivity index (χ2n) is 3.83. The van der Waals surface area contributed by atoms with Gasteiger partial charge in [-0.2, -0.15) is 0 Å². The molecule has 1 heterocycles. The van der Waals surface area contributed by atoms with E-state index in [1.807, 2.05) is 0 Å². The molecule has 16 heavy (non-hydrogen) atoms. The van der Waals surface area contributed by atoms with Crippen LogP contribution in [0.5, 0.6) is 0 Å². The Morgan fingerprint density at radius 3 is 2.31 bits per heavy atom. The minimum Gasteiger partial charge on any atom is -0.345 e. The third-order valence-electron chi connectivity index (χ3n) is 2.90. The quantitative estimate of drug-likeness (QED) is 0.716. The van der Waals surface area contributed by atoms with E-state index in [0.29, 0.717) is 0 Å². The Morgan fingerprint density at radius 1 is 1.06 bits per heavy atom. The third kappa shape index (κ3) is 2.03. The molecule has 1 aromatic carbocycles. The van der Waals surface area contributed by atoms with Crippen LogP contribution in [-0.4, -0.2) is 10.8 Å². The molecule has 2 aromatic rings. The number of aryl methyl sites for hydroxylation is 1. The van der Waals surface area contributed by atoms with Crippen molar-refractivity contribution in [1.82, 2.24) is 4.57 Å². The highest BCUT2D eigenvalue weighted by molar-refractivity contribution is 7.98. The van der Waals surface area contributed by atoms with Crippen molar-refractivity contribution in [1.29, 1.82) is 0 Å². The lowest BCUT2D eigenvalue weighted by molar-refractivity contribution is 0.750. The van der Waals surface area contributed by atoms with Gasteiger partial charge in [-0.25, -0.2) is 0 Å². The molecule has 0 saturated heterocycles. The lowest BCUT2D eigenvalue weighted by atomic mass is 10.1. The first-order valence-corrected chi connectivity index (χ1v) is 6.79. The lowest BCUT2D eigenvalue weighted by Gasteiger charge is -2.09. The average molecular weight is 231 g/mol. The van der Waals surface area contributed by atoms with E-state index >= 15 is 0 Å². The zero-order chi connectivity index (χ0) is 11.5. The standard InChI is InChI=1S/C14H17NS/c1-4-15-11(2)5-10-14(15)12-6-8-13(16-3)9-7-12/h5-10H,4H2,1-3H3. The van der Waals surface area contributed by atoms with Crippen LogP contribution in [0, 0.1) is 6.92 Å². The minimum absolute atomic E-state index is 1.03. The summed E-state index contributed by atoms with van der Waals surface area (Å²) in [4.78, 5) is 1.31. The zero-order valence-corrected chi connectivity index (χ0v) is 10.8. The van der Waals surface area contributed by atoms with Crippen molar-refractivity contribution in [2.24, 2.45) is 0 Å². The average Bonchev–Trinajstić information content (AvgIpc) is 2.70. The van der Waals surface area contributed by atoms with Crippen molar-refractivity contribution < 1.29 is 0 Å². The van der Waals surface area contributed by atoms with Crippen molar-refractivity contribution in [2.45, 2.75) is 25.3 Å². The van der Waals surface area contributed by atoms with Gasteiger partial charge in [0.25, 0.3) is 0 Å². The van der Waals surface area contributed by atoms with Crippen LogP contribution in [0.4, 0.5) is 0 Å². The predicted octanol–water partition coefficient (Wildman–Crippen LogP) is 4.21. The van der Waals surface area contributed by atoms with Crippen LogP contribution >= 0.6 is 11.8 Å². The van der Waals surface area contributed by atoms with Crippen molar-refractivity contribution in [3.05, 3.63) is 42.1 Å². The van der Waals surface area contributed by atoms with Gasteiger partial charge in [-0.1, -0.05) is 12.1 Å². The van der Waals surface area contributed by atoms with E-state index in [1.165, 1.54) is 21.8 Å². The second-order valence-corrected chi connectivity index (χ2v) is 4.71. The molecule has 0 N–H and O–H groups in total. The number of aromatic nitrogens is 1. The maximum Gasteiger partial charge on any atom is 0.0482 e. The number of thioether (sulfide) groups is 1. The Balaban J connectivity index is 2.42. The molecule has 84 valence electrons. The van der Waals surface area contributed by atoms with Crippen molar-refractivity contribution >= 4 is 11.8 Å². The van der Waals surface area contributed by atoms with Gasteiger partial charge in [-0.05, 0) is 49.9 Å². The number of nitrogens with zero attached hydrogens (tertiary/aromatic N) is 1. The first-order valence-electron chi connectivity index (χ1n) is 5.56. The van der Waals surface area contributed by atoms with Crippen LogP contribution in [0.2, 0.25) is 0 Å². The van der Waals surface area contributed by atoms with Gasteiger partial charge in [-0.3, -0.25) is 0 Å². The van der Waals surface area contributed by atoms with Crippen LogP contribution < -0.4 is 0 Å². The molecule has 0 aliphatic rings. The first-order chi connectivity index (χ1) is 7.76. The molecule has 0 spiro atoms. The fraction of sp³-hybridized carbons (Fsp3) is 0.286. The SMILES string of the molecule is CCn1c(C)ccc1-c1ccc(SC)cc1. The largest absolute Gasteiger partial charge is 0.345 e. The molecule has 1 aromatic heterocycles. The van der Waals surface area contributed by atoms with Crippen molar-refractivity contribution in [2.75, 3.05) is 6.26 Å². The summed E-state index contributed by atoms with van der Waals surface area (Å²) < 4.78 is 2.34. The summed E-state index contributed by atoms with van der Waals surface area (Å²) >= 11 is 1.78. The summed E-state index contributed by atoms with van der Waals surface area (Å²) in [6.07, 6.45) is 2.11. The number of rotatable bonds is 3. The highest BCUT2D eigenvalue weighted by Gasteiger charge is 2.05. The summed E-state index contributed by atoms with van der Waals surface area (Å²) in [6, 6.07) is 13.2. The number of hydrogen-bond donors (Lipinski definition) is 0. The van der Waals surface area contributed by atoms with Crippen LogP contribution in [0.3, 0.4) is 0 Å². The van der Waals surface area contributed by atoms with E-state index in [2.05, 4.69) is 61.1 Å². The van der Waals surface area contributed by atoms with Gasteiger partial charge < -0.3 is 4.57 Å². The summed E-state index contributed by atoms with van der Waals surface area (Å²) in [5.41, 5.74) is 3.94. The minimum atomic E-state index is 1.03. The zero-order valence-electron chi connectivity index (χ0n) is 10.0. The first kappa shape index (κ1) is 11.3. The molecule has 0 atom stereocenters. The summed E-state index contributed by atoms with van der Waals surface area (Å²) in [6.45, 7) is 5.37. The molecule has 0 unspecified atom stereocenters. The molecular weight excluding hydrogens is 214 g/mol. The third-order valence-corrected chi connectivity index (χ3v) is 3.64. The van der Waals surface area contributed by atoms with Crippen molar-refractivity contribution in [3.63, 3.8) is 0 Å². The second kappa shape index (κ2) is 4.79. The van der Waals surface area contributed by atoms with Crippen molar-refractivity contribution in [3.8, 4) is 11.3 Å². The molecule has 0 radical (unpaired) electrons. The summed E-state index contributed by atoms with van der Waals surface area (Å²) in [5.74, 6) is 0. The molecule has 0 bridgehead atoms. The topological polar surface area (TPSA) is 4.93 Å². The van der Waals surface area contributed by atoms with Crippen LogP contribution in [-0.2, 0) is 6.54 Å². The van der Waals surface area contributed by atoms with Gasteiger partial charge in [0, 0.05) is 22.8 Å². The smallest absolute Gasteiger partial charge is 0.0482 e. The molecule has 1 nitrogen and oxygen atoms in total. The Kier molecular flexibility index (Phi) is 3.39. The fourth-order valence-corrected chi connectivity index (χ4v) is 2.41. The van der Waals surface area contributed by atoms with Gasteiger partial charge >= 0.3 is 0 Å². The Hall–Kier alpha value is -1.15. The summed E-state index contributed by atoms with van der Waals surface area (Å²) in [5, 5.41) is 0. The van der Waals surface area contributed by atoms with E-state index in [9.17, 15) is 0 Å². The predicted molar refractivity (Wildman–Crippen MR) is 72.1 cm³/mol. The van der Waals surface area contributed by atoms with Crippen LogP contribution in [0.15, 0.2) is 41.3 Å². The molecular formula is C14H17NS. The Morgan fingerprint density at radius 2 is 1.75 bits per heavy atom. The normalized spacial score (nSPS) is 10.7. The van der Waals surface area contributed by atoms with Crippen LogP contribution in [0.1, 0.15) is 12.6 Å². The van der Waals surface area contributed by atoms with E-state index in [-0.39, 0.29) is 0 Å². The van der Waals surface area contributed by atoms with Gasteiger partial charge in [0.1, 0.15) is 0 Å². The highest BCUT2D eigenvalue weighted by Crippen LogP contribution is 2.25. The molecule has 0 saturated carbocycles. The van der Waals surface area contributed by atoms with Gasteiger partial charge in [0.15, 0.2) is 0 Å². The van der Waals surface area contributed by atoms with E-state index < -0.39 is 0 Å². The Bertz CT molecular complexity index is 468. The van der Waals surface area contributed by atoms with E-state index in [1.54, 1.807) is 11.8 Å². The maximum atomic E-state index is 2.34. The van der Waals surface area contributed by atoms with Gasteiger partial charge in [0.2, 0.25) is 0 Å². The molecule has 0 amide bonds. The van der Waals surface area contributed by atoms with Crippen LogP contribution in [0.25, 0.3) is 11.3 Å². The van der Waals surface area contributed by atoms with E-state index in [0.717, 1.165) is 6.54 Å². The number of hydrogen-bond acceptors (Lipinski definition) is 1. The van der Waals surface area contributed by atoms with Gasteiger partial charge in [0.05, 0.1) is 0 Å².